The molecule has 0 saturated carbocycles. The molecule has 100 valence electrons. The molecule has 6 nitrogen and oxygen atoms in total. The minimum atomic E-state index is -3.22. The smallest absolute Gasteiger partial charge is 0.326 e. The lowest BCUT2D eigenvalue weighted by Gasteiger charge is -2.27. The van der Waals surface area contributed by atoms with Gasteiger partial charge in [-0.3, -0.25) is 4.79 Å². The second-order valence-electron chi connectivity index (χ2n) is 5.08. The minimum Gasteiger partial charge on any atom is -0.480 e. The maximum atomic E-state index is 11.4. The molecule has 17 heavy (non-hydrogen) atoms. The number of sulfone groups is 1. The Morgan fingerprint density at radius 1 is 1.29 bits per heavy atom. The van der Waals surface area contributed by atoms with Crippen molar-refractivity contribution in [1.29, 1.82) is 0 Å². The van der Waals surface area contributed by atoms with E-state index in [-0.39, 0.29) is 12.2 Å². The molecule has 0 aromatic heterocycles. The van der Waals surface area contributed by atoms with Crippen LogP contribution in [0.4, 0.5) is 0 Å². The summed E-state index contributed by atoms with van der Waals surface area (Å²) in [7, 11) is -3.22. The van der Waals surface area contributed by atoms with Crippen molar-refractivity contribution in [3.63, 3.8) is 0 Å². The Morgan fingerprint density at radius 2 is 1.76 bits per heavy atom. The van der Waals surface area contributed by atoms with Gasteiger partial charge in [-0.15, -0.1) is 0 Å². The number of aliphatic carboxylic acids is 1. The van der Waals surface area contributed by atoms with Crippen LogP contribution < -0.4 is 5.32 Å². The molecule has 0 saturated heterocycles. The molecule has 0 heterocycles. The first-order chi connectivity index (χ1) is 7.43. The molecule has 0 aliphatic rings. The third kappa shape index (κ3) is 6.93. The number of carboxylic acid groups (broad SMARTS) is 1. The first-order valence-corrected chi connectivity index (χ1v) is 7.19. The summed E-state index contributed by atoms with van der Waals surface area (Å²) in [6, 6.07) is -1.03. The maximum absolute atomic E-state index is 11.4. The average molecular weight is 265 g/mol. The second-order valence-corrected chi connectivity index (χ2v) is 7.34. The number of hydrogen-bond donors (Lipinski definition) is 2. The third-order valence-corrected chi connectivity index (χ3v) is 3.06. The first-order valence-electron chi connectivity index (χ1n) is 5.13. The van der Waals surface area contributed by atoms with E-state index < -0.39 is 33.2 Å². The number of nitrogens with one attached hydrogen (secondary N) is 1. The van der Waals surface area contributed by atoms with Crippen LogP contribution in [0, 0.1) is 5.41 Å². The highest BCUT2D eigenvalue weighted by atomic mass is 32.2. The number of carbonyl (C=O) groups excluding carboxylic acids is 1. The van der Waals surface area contributed by atoms with E-state index in [0.29, 0.717) is 0 Å². The summed E-state index contributed by atoms with van der Waals surface area (Å²) in [5.41, 5.74) is -0.632. The molecule has 1 atom stereocenters. The van der Waals surface area contributed by atoms with Crippen LogP contribution in [0.25, 0.3) is 0 Å². The van der Waals surface area contributed by atoms with Crippen molar-refractivity contribution in [1.82, 2.24) is 5.32 Å². The highest BCUT2D eigenvalue weighted by molar-refractivity contribution is 7.90. The quantitative estimate of drug-likeness (QED) is 0.730. The predicted molar refractivity (Wildman–Crippen MR) is 63.3 cm³/mol. The highest BCUT2D eigenvalue weighted by Crippen LogP contribution is 2.19. The van der Waals surface area contributed by atoms with Gasteiger partial charge in [0, 0.05) is 12.7 Å². The Hall–Kier alpha value is -1.11. The van der Waals surface area contributed by atoms with Crippen molar-refractivity contribution < 1.29 is 23.1 Å². The summed E-state index contributed by atoms with van der Waals surface area (Å²) >= 11 is 0. The van der Waals surface area contributed by atoms with E-state index in [4.69, 9.17) is 5.11 Å². The molecule has 0 aliphatic carbocycles. The zero-order chi connectivity index (χ0) is 13.9. The number of carboxylic acids is 1. The molecule has 0 aliphatic heterocycles. The van der Waals surface area contributed by atoms with E-state index in [2.05, 4.69) is 5.32 Å². The SMILES string of the molecule is CC(C)(C)C(NC(=O)CCS(C)(=O)=O)C(=O)O. The largest absolute Gasteiger partial charge is 0.480 e. The van der Waals surface area contributed by atoms with E-state index in [1.165, 1.54) is 0 Å². The zero-order valence-corrected chi connectivity index (χ0v) is 11.3. The van der Waals surface area contributed by atoms with E-state index in [0.717, 1.165) is 6.26 Å². The van der Waals surface area contributed by atoms with Crippen LogP contribution in [0.2, 0.25) is 0 Å². The van der Waals surface area contributed by atoms with Crippen LogP contribution >= 0.6 is 0 Å². The number of rotatable bonds is 5. The summed E-state index contributed by atoms with van der Waals surface area (Å²) in [5.74, 6) is -1.99. The van der Waals surface area contributed by atoms with Crippen molar-refractivity contribution in [2.24, 2.45) is 5.41 Å². The summed E-state index contributed by atoms with van der Waals surface area (Å²) in [4.78, 5) is 22.4. The van der Waals surface area contributed by atoms with Gasteiger partial charge in [0.1, 0.15) is 15.9 Å². The Balaban J connectivity index is 4.49. The molecule has 1 amide bonds. The lowest BCUT2D eigenvalue weighted by atomic mass is 9.87. The lowest BCUT2D eigenvalue weighted by molar-refractivity contribution is -0.144. The minimum absolute atomic E-state index is 0.224. The Bertz CT molecular complexity index is 393. The monoisotopic (exact) mass is 265 g/mol. The molecule has 0 aromatic rings. The molecule has 0 bridgehead atoms. The van der Waals surface area contributed by atoms with Crippen LogP contribution in [-0.4, -0.2) is 43.5 Å². The highest BCUT2D eigenvalue weighted by Gasteiger charge is 2.32. The van der Waals surface area contributed by atoms with E-state index in [1.54, 1.807) is 20.8 Å². The van der Waals surface area contributed by atoms with Crippen molar-refractivity contribution in [2.75, 3.05) is 12.0 Å². The Morgan fingerprint density at radius 3 is 2.06 bits per heavy atom. The second kappa shape index (κ2) is 5.48. The zero-order valence-electron chi connectivity index (χ0n) is 10.5. The fourth-order valence-corrected chi connectivity index (χ4v) is 1.72. The molecule has 0 aromatic carbocycles. The van der Waals surface area contributed by atoms with Gasteiger partial charge in [-0.25, -0.2) is 13.2 Å². The van der Waals surface area contributed by atoms with Crippen LogP contribution in [-0.2, 0) is 19.4 Å². The van der Waals surface area contributed by atoms with Gasteiger partial charge in [-0.05, 0) is 5.41 Å². The molecule has 0 radical (unpaired) electrons. The van der Waals surface area contributed by atoms with Crippen LogP contribution in [0.5, 0.6) is 0 Å². The van der Waals surface area contributed by atoms with Gasteiger partial charge in [0.05, 0.1) is 5.75 Å². The molecule has 7 heteroatoms. The Kier molecular flexibility index (Phi) is 5.12. The van der Waals surface area contributed by atoms with Gasteiger partial charge in [0.25, 0.3) is 0 Å². The normalized spacial score (nSPS) is 14.1. The van der Waals surface area contributed by atoms with E-state index in [1.807, 2.05) is 0 Å². The maximum Gasteiger partial charge on any atom is 0.326 e. The van der Waals surface area contributed by atoms with Gasteiger partial charge in [0.2, 0.25) is 5.91 Å². The fourth-order valence-electron chi connectivity index (χ4n) is 1.16. The van der Waals surface area contributed by atoms with Gasteiger partial charge >= 0.3 is 5.97 Å². The summed E-state index contributed by atoms with van der Waals surface area (Å²) in [6.45, 7) is 5.05. The summed E-state index contributed by atoms with van der Waals surface area (Å²) < 4.78 is 21.7. The molecular formula is C10H19NO5S. The topological polar surface area (TPSA) is 101 Å². The molecular weight excluding hydrogens is 246 g/mol. The van der Waals surface area contributed by atoms with Crippen molar-refractivity contribution in [3.8, 4) is 0 Å². The molecule has 0 rings (SSSR count). The van der Waals surface area contributed by atoms with Crippen LogP contribution in [0.3, 0.4) is 0 Å². The van der Waals surface area contributed by atoms with Crippen molar-refractivity contribution >= 4 is 21.7 Å². The molecule has 0 fully saturated rings. The standard InChI is InChI=1S/C10H19NO5S/c1-10(2,3)8(9(13)14)11-7(12)5-6-17(4,15)16/h8H,5-6H2,1-4H3,(H,11,12)(H,13,14). The first kappa shape index (κ1) is 15.9. The molecule has 2 N–H and O–H groups in total. The van der Waals surface area contributed by atoms with E-state index in [9.17, 15) is 18.0 Å². The van der Waals surface area contributed by atoms with Gasteiger partial charge in [-0.2, -0.15) is 0 Å². The summed E-state index contributed by atoms with van der Waals surface area (Å²) in [6.07, 6.45) is 0.803. The number of carbonyl (C=O) groups is 2. The fraction of sp³-hybridized carbons (Fsp3) is 0.800. The molecule has 1 unspecified atom stereocenters. The van der Waals surface area contributed by atoms with Crippen molar-refractivity contribution in [3.05, 3.63) is 0 Å². The Labute approximate surface area is 101 Å². The van der Waals surface area contributed by atoms with Gasteiger partial charge in [0.15, 0.2) is 0 Å². The van der Waals surface area contributed by atoms with Gasteiger partial charge in [-0.1, -0.05) is 20.8 Å². The average Bonchev–Trinajstić information content (AvgIpc) is 2.07. The number of hydrogen-bond acceptors (Lipinski definition) is 4. The van der Waals surface area contributed by atoms with Crippen LogP contribution in [0.15, 0.2) is 0 Å². The van der Waals surface area contributed by atoms with E-state index >= 15 is 0 Å². The number of amides is 1. The van der Waals surface area contributed by atoms with Crippen molar-refractivity contribution in [2.45, 2.75) is 33.2 Å². The van der Waals surface area contributed by atoms with Crippen LogP contribution in [0.1, 0.15) is 27.2 Å². The molecule has 0 spiro atoms. The predicted octanol–water partition coefficient (Wildman–Crippen LogP) is 0.0366. The third-order valence-electron chi connectivity index (χ3n) is 2.12. The lowest BCUT2D eigenvalue weighted by Crippen LogP contribution is -2.49. The van der Waals surface area contributed by atoms with Gasteiger partial charge < -0.3 is 10.4 Å². The summed E-state index contributed by atoms with van der Waals surface area (Å²) in [5, 5.41) is 11.3.